The molecule has 0 aliphatic heterocycles. The minimum absolute atomic E-state index is 0.0331. The number of halogens is 3. The Bertz CT molecular complexity index is 1480. The van der Waals surface area contributed by atoms with Crippen LogP contribution in [0.5, 0.6) is 11.5 Å². The van der Waals surface area contributed by atoms with Gasteiger partial charge in [-0.05, 0) is 62.1 Å². The van der Waals surface area contributed by atoms with Gasteiger partial charge in [-0.1, -0.05) is 18.2 Å². The summed E-state index contributed by atoms with van der Waals surface area (Å²) in [6, 6.07) is 13.3. The van der Waals surface area contributed by atoms with Gasteiger partial charge in [0, 0.05) is 29.7 Å². The van der Waals surface area contributed by atoms with Crippen LogP contribution in [0.25, 0.3) is 11.0 Å². The molecular formula is C28H24F3N3O4. The predicted molar refractivity (Wildman–Crippen MR) is 134 cm³/mol. The Morgan fingerprint density at radius 3 is 2.39 bits per heavy atom. The number of hydrogen-bond acceptors (Lipinski definition) is 5. The summed E-state index contributed by atoms with van der Waals surface area (Å²) in [5.41, 5.74) is -0.644. The number of ether oxygens (including phenoxy) is 1. The summed E-state index contributed by atoms with van der Waals surface area (Å²) in [6.45, 7) is 0. The molecule has 0 amide bonds. The molecular weight excluding hydrogens is 499 g/mol. The van der Waals surface area contributed by atoms with E-state index in [1.54, 1.807) is 36.4 Å². The molecule has 2 aromatic carbocycles. The molecule has 0 atom stereocenters. The molecule has 1 fully saturated rings. The predicted octanol–water partition coefficient (Wildman–Crippen LogP) is 6.66. The first-order valence-corrected chi connectivity index (χ1v) is 12.1. The van der Waals surface area contributed by atoms with Gasteiger partial charge in [-0.15, -0.1) is 0 Å². The second-order valence-corrected chi connectivity index (χ2v) is 9.26. The average molecular weight is 524 g/mol. The number of hydrogen-bond donors (Lipinski definition) is 3. The van der Waals surface area contributed by atoms with Crippen molar-refractivity contribution < 1.29 is 32.6 Å². The Labute approximate surface area is 215 Å². The molecule has 10 heteroatoms. The third-order valence-corrected chi connectivity index (χ3v) is 6.77. The summed E-state index contributed by atoms with van der Waals surface area (Å²) in [6.07, 6.45) is 0.385. The zero-order valence-corrected chi connectivity index (χ0v) is 20.1. The standard InChI is InChI=1S/C28H24F3N3O4/c29-28(30,31)22-14-19(38-18-4-2-1-3-5-18)10-11-20(22)25(35)21-15-33-26-24(21)23(12-13-32-26)34-17-8-6-16(7-9-17)27(36)37/h1-5,10-17H,6-9H2,(H,36,37)(H2,32,33,34). The topological polar surface area (TPSA) is 104 Å². The van der Waals surface area contributed by atoms with Crippen LogP contribution in [0.1, 0.15) is 47.2 Å². The number of pyridine rings is 1. The number of carbonyl (C=O) groups is 2. The summed E-state index contributed by atoms with van der Waals surface area (Å²) in [5.74, 6) is -1.67. The van der Waals surface area contributed by atoms with Crippen LogP contribution in [0.4, 0.5) is 18.9 Å². The molecule has 3 N–H and O–H groups in total. The van der Waals surface area contributed by atoms with Crippen LogP contribution in [-0.2, 0) is 11.0 Å². The van der Waals surface area contributed by atoms with E-state index < -0.39 is 29.1 Å². The maximum Gasteiger partial charge on any atom is 0.417 e. The third-order valence-electron chi connectivity index (χ3n) is 6.77. The van der Waals surface area contributed by atoms with Gasteiger partial charge < -0.3 is 20.1 Å². The summed E-state index contributed by atoms with van der Waals surface area (Å²) >= 11 is 0. The van der Waals surface area contributed by atoms with E-state index in [4.69, 9.17) is 4.74 Å². The van der Waals surface area contributed by atoms with Crippen molar-refractivity contribution in [2.75, 3.05) is 5.32 Å². The number of carboxylic acids is 1. The number of nitrogens with zero attached hydrogens (tertiary/aromatic N) is 1. The second-order valence-electron chi connectivity index (χ2n) is 9.26. The fourth-order valence-corrected chi connectivity index (χ4v) is 4.85. The molecule has 1 saturated carbocycles. The van der Waals surface area contributed by atoms with Crippen molar-refractivity contribution >= 4 is 28.5 Å². The van der Waals surface area contributed by atoms with Crippen molar-refractivity contribution in [2.45, 2.75) is 37.9 Å². The summed E-state index contributed by atoms with van der Waals surface area (Å²) in [7, 11) is 0. The fourth-order valence-electron chi connectivity index (χ4n) is 4.85. The van der Waals surface area contributed by atoms with E-state index >= 15 is 0 Å². The lowest BCUT2D eigenvalue weighted by Crippen LogP contribution is -2.29. The molecule has 1 aliphatic carbocycles. The summed E-state index contributed by atoms with van der Waals surface area (Å²) in [5, 5.41) is 13.0. The zero-order chi connectivity index (χ0) is 26.9. The molecule has 38 heavy (non-hydrogen) atoms. The normalized spacial score (nSPS) is 17.8. The number of para-hydroxylation sites is 1. The highest BCUT2D eigenvalue weighted by atomic mass is 19.4. The summed E-state index contributed by atoms with van der Waals surface area (Å²) in [4.78, 5) is 31.9. The van der Waals surface area contributed by atoms with Gasteiger partial charge in [0.2, 0.25) is 0 Å². The lowest BCUT2D eigenvalue weighted by molar-refractivity contribution is -0.142. The van der Waals surface area contributed by atoms with E-state index in [-0.39, 0.29) is 23.3 Å². The largest absolute Gasteiger partial charge is 0.481 e. The number of alkyl halides is 3. The average Bonchev–Trinajstić information content (AvgIpc) is 3.34. The first kappa shape index (κ1) is 25.3. The van der Waals surface area contributed by atoms with Crippen LogP contribution in [-0.4, -0.2) is 32.9 Å². The molecule has 5 rings (SSSR count). The van der Waals surface area contributed by atoms with Gasteiger partial charge in [-0.25, -0.2) is 4.98 Å². The smallest absolute Gasteiger partial charge is 0.417 e. The van der Waals surface area contributed by atoms with E-state index in [1.165, 1.54) is 18.5 Å². The van der Waals surface area contributed by atoms with Crippen molar-refractivity contribution in [3.8, 4) is 11.5 Å². The zero-order valence-electron chi connectivity index (χ0n) is 20.1. The van der Waals surface area contributed by atoms with Gasteiger partial charge in [0.15, 0.2) is 5.78 Å². The highest BCUT2D eigenvalue weighted by Gasteiger charge is 2.37. The van der Waals surface area contributed by atoms with Crippen molar-refractivity contribution in [1.29, 1.82) is 0 Å². The number of aromatic amines is 1. The molecule has 7 nitrogen and oxygen atoms in total. The minimum Gasteiger partial charge on any atom is -0.481 e. The molecule has 4 aromatic rings. The Kier molecular flexibility index (Phi) is 6.79. The lowest BCUT2D eigenvalue weighted by atomic mass is 9.86. The Morgan fingerprint density at radius 1 is 0.974 bits per heavy atom. The number of rotatable bonds is 7. The SMILES string of the molecule is O=C(c1ccc(Oc2ccccc2)cc1C(F)(F)F)c1c[nH]c2nccc(NC3CCC(C(=O)O)CC3)c12. The van der Waals surface area contributed by atoms with Crippen molar-refractivity contribution in [3.63, 3.8) is 0 Å². The quantitative estimate of drug-likeness (QED) is 0.234. The highest BCUT2D eigenvalue weighted by molar-refractivity contribution is 6.19. The fraction of sp³-hybridized carbons (Fsp3) is 0.250. The first-order valence-electron chi connectivity index (χ1n) is 12.1. The molecule has 196 valence electrons. The maximum atomic E-state index is 14.1. The van der Waals surface area contributed by atoms with Gasteiger partial charge >= 0.3 is 12.1 Å². The number of anilines is 1. The van der Waals surface area contributed by atoms with Crippen LogP contribution < -0.4 is 10.1 Å². The first-order chi connectivity index (χ1) is 18.2. The van der Waals surface area contributed by atoms with Gasteiger partial charge in [0.1, 0.15) is 17.1 Å². The number of H-pyrrole nitrogens is 1. The van der Waals surface area contributed by atoms with E-state index in [9.17, 15) is 27.9 Å². The molecule has 2 heterocycles. The Hall–Kier alpha value is -4.34. The molecule has 2 aromatic heterocycles. The molecule has 1 aliphatic rings. The number of fused-ring (bicyclic) bond motifs is 1. The van der Waals surface area contributed by atoms with Crippen LogP contribution in [0.3, 0.4) is 0 Å². The van der Waals surface area contributed by atoms with Crippen LogP contribution in [0.15, 0.2) is 67.0 Å². The molecule has 0 spiro atoms. The molecule has 0 bridgehead atoms. The highest BCUT2D eigenvalue weighted by Crippen LogP contribution is 2.38. The van der Waals surface area contributed by atoms with Gasteiger partial charge in [0.05, 0.1) is 22.4 Å². The lowest BCUT2D eigenvalue weighted by Gasteiger charge is -2.28. The number of nitrogens with one attached hydrogen (secondary N) is 2. The maximum absolute atomic E-state index is 14.1. The van der Waals surface area contributed by atoms with Crippen LogP contribution >= 0.6 is 0 Å². The number of aromatic nitrogens is 2. The van der Waals surface area contributed by atoms with Crippen molar-refractivity contribution in [2.24, 2.45) is 5.92 Å². The molecule has 0 saturated heterocycles. The molecule has 0 unspecified atom stereocenters. The number of aliphatic carboxylic acids is 1. The number of carbonyl (C=O) groups excluding carboxylic acids is 1. The number of ketones is 1. The van der Waals surface area contributed by atoms with Gasteiger partial charge in [-0.2, -0.15) is 13.2 Å². The van der Waals surface area contributed by atoms with Crippen LogP contribution in [0.2, 0.25) is 0 Å². The monoisotopic (exact) mass is 523 g/mol. The van der Waals surface area contributed by atoms with E-state index in [0.29, 0.717) is 48.2 Å². The number of carboxylic acid groups (broad SMARTS) is 1. The van der Waals surface area contributed by atoms with E-state index in [0.717, 1.165) is 12.1 Å². The Balaban J connectivity index is 1.47. The second kappa shape index (κ2) is 10.2. The van der Waals surface area contributed by atoms with Crippen LogP contribution in [0, 0.1) is 5.92 Å². The van der Waals surface area contributed by atoms with E-state index in [2.05, 4.69) is 15.3 Å². The third kappa shape index (κ3) is 5.20. The Morgan fingerprint density at radius 2 is 1.71 bits per heavy atom. The summed E-state index contributed by atoms with van der Waals surface area (Å²) < 4.78 is 47.8. The van der Waals surface area contributed by atoms with Crippen molar-refractivity contribution in [3.05, 3.63) is 83.7 Å². The van der Waals surface area contributed by atoms with E-state index in [1.807, 2.05) is 0 Å². The number of benzene rings is 2. The van der Waals surface area contributed by atoms with Gasteiger partial charge in [0.25, 0.3) is 0 Å². The molecule has 0 radical (unpaired) electrons. The minimum atomic E-state index is -4.80. The van der Waals surface area contributed by atoms with Crippen molar-refractivity contribution in [1.82, 2.24) is 9.97 Å². The van der Waals surface area contributed by atoms with Gasteiger partial charge in [-0.3, -0.25) is 9.59 Å².